The third kappa shape index (κ3) is 2.47. The third-order valence-electron chi connectivity index (χ3n) is 3.71. The quantitative estimate of drug-likeness (QED) is 0.707. The molecule has 1 heterocycles. The molecule has 0 unspecified atom stereocenters. The number of esters is 2. The molecule has 1 amide bonds. The summed E-state index contributed by atoms with van der Waals surface area (Å²) in [5, 5.41) is 2.87. The zero-order chi connectivity index (χ0) is 13.3. The molecule has 2 bridgehead atoms. The predicted molar refractivity (Wildman–Crippen MR) is 60.3 cm³/mol. The fraction of sp³-hybridized carbons (Fsp3) is 0.750. The minimum absolute atomic E-state index is 0.0104. The van der Waals surface area contributed by atoms with Crippen molar-refractivity contribution in [3.8, 4) is 0 Å². The molecule has 1 saturated heterocycles. The van der Waals surface area contributed by atoms with E-state index in [1.165, 1.54) is 13.8 Å². The Morgan fingerprint density at radius 1 is 1.17 bits per heavy atom. The van der Waals surface area contributed by atoms with Gasteiger partial charge >= 0.3 is 11.9 Å². The summed E-state index contributed by atoms with van der Waals surface area (Å²) in [6, 6.07) is 0.0300. The number of amides is 1. The molecular weight excluding hydrogens is 238 g/mol. The van der Waals surface area contributed by atoms with Crippen LogP contribution in [0.5, 0.6) is 0 Å². The number of piperidine rings is 1. The van der Waals surface area contributed by atoms with Crippen LogP contribution in [0.3, 0.4) is 0 Å². The highest BCUT2D eigenvalue weighted by Crippen LogP contribution is 2.42. The van der Waals surface area contributed by atoms with Gasteiger partial charge in [0, 0.05) is 37.6 Å². The number of hydrogen-bond acceptors (Lipinski definition) is 5. The van der Waals surface area contributed by atoms with E-state index in [1.807, 2.05) is 0 Å². The van der Waals surface area contributed by atoms with Gasteiger partial charge in [-0.25, -0.2) is 0 Å². The number of hydrogen-bond donors (Lipinski definition) is 1. The van der Waals surface area contributed by atoms with Crippen LogP contribution in [0.4, 0.5) is 0 Å². The molecule has 2 rings (SSSR count). The lowest BCUT2D eigenvalue weighted by molar-refractivity contribution is -0.149. The number of carbonyl (C=O) groups excluding carboxylic acids is 3. The molecule has 6 heteroatoms. The Kier molecular flexibility index (Phi) is 3.54. The van der Waals surface area contributed by atoms with E-state index >= 15 is 0 Å². The molecule has 0 aromatic carbocycles. The van der Waals surface area contributed by atoms with Crippen LogP contribution >= 0.6 is 0 Å². The summed E-state index contributed by atoms with van der Waals surface area (Å²) in [6.45, 7) is 3.18. The Morgan fingerprint density at radius 2 is 1.72 bits per heavy atom. The number of ether oxygens (including phenoxy) is 2. The molecule has 1 aliphatic carbocycles. The molecule has 4 atom stereocenters. The van der Waals surface area contributed by atoms with E-state index in [4.69, 9.17) is 9.47 Å². The first-order chi connectivity index (χ1) is 8.49. The third-order valence-corrected chi connectivity index (χ3v) is 3.71. The average Bonchev–Trinajstić information content (AvgIpc) is 2.79. The predicted octanol–water partition coefficient (Wildman–Crippen LogP) is -0.137. The standard InChI is InChI=1S/C12H17NO5/c1-6(14)17-4-9-8-3-11(13-12(8)16)10(9)5-18-7(2)15/h8-11H,3-5H2,1-2H3,(H,13,16)/t8-,9-,10+,11+/m0/s1. The molecule has 1 aliphatic heterocycles. The van der Waals surface area contributed by atoms with Crippen LogP contribution in [-0.2, 0) is 23.9 Å². The van der Waals surface area contributed by atoms with Gasteiger partial charge in [-0.05, 0) is 6.42 Å². The van der Waals surface area contributed by atoms with Crippen LogP contribution < -0.4 is 5.32 Å². The van der Waals surface area contributed by atoms with Gasteiger partial charge in [0.2, 0.25) is 5.91 Å². The van der Waals surface area contributed by atoms with Crippen molar-refractivity contribution in [3.05, 3.63) is 0 Å². The van der Waals surface area contributed by atoms with Gasteiger partial charge in [-0.3, -0.25) is 14.4 Å². The van der Waals surface area contributed by atoms with Gasteiger partial charge in [0.15, 0.2) is 0 Å². The number of fused-ring (bicyclic) bond motifs is 2. The monoisotopic (exact) mass is 255 g/mol. The van der Waals surface area contributed by atoms with Crippen molar-refractivity contribution in [2.45, 2.75) is 26.3 Å². The first-order valence-electron chi connectivity index (χ1n) is 6.06. The van der Waals surface area contributed by atoms with Crippen molar-refractivity contribution in [2.75, 3.05) is 13.2 Å². The molecule has 18 heavy (non-hydrogen) atoms. The van der Waals surface area contributed by atoms with E-state index in [9.17, 15) is 14.4 Å². The van der Waals surface area contributed by atoms with Crippen LogP contribution in [0.1, 0.15) is 20.3 Å². The maximum absolute atomic E-state index is 11.6. The second-order valence-corrected chi connectivity index (χ2v) is 4.89. The number of rotatable bonds is 4. The van der Waals surface area contributed by atoms with Gasteiger partial charge in [-0.1, -0.05) is 0 Å². The van der Waals surface area contributed by atoms with Gasteiger partial charge in [0.05, 0.1) is 13.2 Å². The zero-order valence-corrected chi connectivity index (χ0v) is 10.5. The smallest absolute Gasteiger partial charge is 0.302 e. The Bertz CT molecular complexity index is 381. The van der Waals surface area contributed by atoms with Crippen LogP contribution in [-0.4, -0.2) is 37.1 Å². The zero-order valence-electron chi connectivity index (χ0n) is 10.5. The Hall–Kier alpha value is -1.59. The largest absolute Gasteiger partial charge is 0.466 e. The lowest BCUT2D eigenvalue weighted by Gasteiger charge is -2.30. The normalized spacial score (nSPS) is 33.1. The lowest BCUT2D eigenvalue weighted by atomic mass is 9.87. The first-order valence-corrected chi connectivity index (χ1v) is 6.06. The molecule has 0 aromatic rings. The molecule has 1 N–H and O–H groups in total. The maximum atomic E-state index is 11.6. The topological polar surface area (TPSA) is 81.7 Å². The average molecular weight is 255 g/mol. The van der Waals surface area contributed by atoms with Gasteiger partial charge < -0.3 is 14.8 Å². The minimum atomic E-state index is -0.357. The van der Waals surface area contributed by atoms with Crippen molar-refractivity contribution in [1.82, 2.24) is 5.32 Å². The molecule has 2 fully saturated rings. The number of carbonyl (C=O) groups is 3. The molecule has 6 nitrogen and oxygen atoms in total. The van der Waals surface area contributed by atoms with Crippen molar-refractivity contribution < 1.29 is 23.9 Å². The molecule has 2 aliphatic rings. The van der Waals surface area contributed by atoms with Gasteiger partial charge in [-0.2, -0.15) is 0 Å². The summed E-state index contributed by atoms with van der Waals surface area (Å²) in [7, 11) is 0. The van der Waals surface area contributed by atoms with Crippen LogP contribution in [0.25, 0.3) is 0 Å². The van der Waals surface area contributed by atoms with Crippen LogP contribution in [0.15, 0.2) is 0 Å². The summed E-state index contributed by atoms with van der Waals surface area (Å²) in [6.07, 6.45) is 0.733. The van der Waals surface area contributed by atoms with E-state index in [1.54, 1.807) is 0 Å². The highest BCUT2D eigenvalue weighted by atomic mass is 16.5. The van der Waals surface area contributed by atoms with Gasteiger partial charge in [0.25, 0.3) is 0 Å². The maximum Gasteiger partial charge on any atom is 0.302 e. The Balaban J connectivity index is 1.99. The lowest BCUT2D eigenvalue weighted by Crippen LogP contribution is -2.46. The van der Waals surface area contributed by atoms with Gasteiger partial charge in [0.1, 0.15) is 0 Å². The Morgan fingerprint density at radius 3 is 2.28 bits per heavy atom. The van der Waals surface area contributed by atoms with Crippen molar-refractivity contribution in [3.63, 3.8) is 0 Å². The van der Waals surface area contributed by atoms with Crippen LogP contribution in [0, 0.1) is 17.8 Å². The SMILES string of the molecule is CC(=O)OC[C@@H]1[C@@H](COC(C)=O)[C@H]2C[C@@H]1C(=O)N2. The number of nitrogens with one attached hydrogen (secondary N) is 1. The highest BCUT2D eigenvalue weighted by molar-refractivity contribution is 5.83. The fourth-order valence-corrected chi connectivity index (χ4v) is 2.88. The van der Waals surface area contributed by atoms with Crippen molar-refractivity contribution >= 4 is 17.8 Å². The molecule has 1 saturated carbocycles. The highest BCUT2D eigenvalue weighted by Gasteiger charge is 2.53. The second kappa shape index (κ2) is 4.96. The van der Waals surface area contributed by atoms with E-state index in [0.29, 0.717) is 0 Å². The second-order valence-electron chi connectivity index (χ2n) is 4.89. The molecule has 0 spiro atoms. The van der Waals surface area contributed by atoms with Crippen molar-refractivity contribution in [2.24, 2.45) is 17.8 Å². The van der Waals surface area contributed by atoms with Gasteiger partial charge in [-0.15, -0.1) is 0 Å². The summed E-state index contributed by atoms with van der Waals surface area (Å²) in [5.41, 5.74) is 0. The van der Waals surface area contributed by atoms with Crippen molar-refractivity contribution in [1.29, 1.82) is 0 Å². The van der Waals surface area contributed by atoms with E-state index in [0.717, 1.165) is 6.42 Å². The molecular formula is C12H17NO5. The van der Waals surface area contributed by atoms with E-state index in [-0.39, 0.29) is 54.9 Å². The first kappa shape index (κ1) is 12.9. The van der Waals surface area contributed by atoms with E-state index in [2.05, 4.69) is 5.32 Å². The molecule has 100 valence electrons. The fourth-order valence-electron chi connectivity index (χ4n) is 2.88. The summed E-state index contributed by atoms with van der Waals surface area (Å²) < 4.78 is 10.0. The molecule has 0 aromatic heterocycles. The van der Waals surface area contributed by atoms with E-state index < -0.39 is 0 Å². The summed E-state index contributed by atoms with van der Waals surface area (Å²) in [4.78, 5) is 33.3. The Labute approximate surface area is 105 Å². The summed E-state index contributed by atoms with van der Waals surface area (Å²) >= 11 is 0. The van der Waals surface area contributed by atoms with Crippen LogP contribution in [0.2, 0.25) is 0 Å². The summed E-state index contributed by atoms with van der Waals surface area (Å²) in [5.74, 6) is -0.825. The minimum Gasteiger partial charge on any atom is -0.466 e. The molecule has 0 radical (unpaired) electrons.